The zero-order chi connectivity index (χ0) is 13.2. The highest BCUT2D eigenvalue weighted by molar-refractivity contribution is 7.87. The number of rotatable bonds is 3. The van der Waals surface area contributed by atoms with Crippen LogP contribution in [-0.2, 0) is 10.1 Å². The third-order valence-electron chi connectivity index (χ3n) is 2.35. The van der Waals surface area contributed by atoms with Crippen LogP contribution >= 0.6 is 0 Å². The lowest BCUT2D eigenvalue weighted by Crippen LogP contribution is -2.09. The van der Waals surface area contributed by atoms with E-state index in [-0.39, 0.29) is 16.4 Å². The first-order valence-electron chi connectivity index (χ1n) is 5.27. The lowest BCUT2D eigenvalue weighted by Gasteiger charge is -2.07. The molecule has 0 unspecified atom stereocenters. The molecule has 1 N–H and O–H groups in total. The number of hydrogen-bond acceptors (Lipinski definition) is 4. The van der Waals surface area contributed by atoms with Gasteiger partial charge in [-0.15, -0.1) is 0 Å². The van der Waals surface area contributed by atoms with Crippen molar-refractivity contribution in [3.05, 3.63) is 54.1 Å². The summed E-state index contributed by atoms with van der Waals surface area (Å²) in [7, 11) is -3.85. The van der Waals surface area contributed by atoms with Gasteiger partial charge in [-0.25, -0.2) is 0 Å². The van der Waals surface area contributed by atoms with E-state index in [1.165, 1.54) is 24.3 Å². The fourth-order valence-electron chi connectivity index (χ4n) is 1.38. The zero-order valence-electron chi connectivity index (χ0n) is 9.70. The summed E-state index contributed by atoms with van der Waals surface area (Å²) in [5, 5.41) is 9.11. The summed E-state index contributed by atoms with van der Waals surface area (Å²) < 4.78 is 28.8. The van der Waals surface area contributed by atoms with E-state index in [9.17, 15) is 8.42 Å². The van der Waals surface area contributed by atoms with Crippen LogP contribution < -0.4 is 4.18 Å². The highest BCUT2D eigenvalue weighted by atomic mass is 32.2. The van der Waals surface area contributed by atoms with Crippen LogP contribution in [0.2, 0.25) is 0 Å². The van der Waals surface area contributed by atoms with Gasteiger partial charge < -0.3 is 9.29 Å². The number of aryl methyl sites for hydroxylation is 1. The average molecular weight is 264 g/mol. The Balaban J connectivity index is 2.27. The summed E-state index contributed by atoms with van der Waals surface area (Å²) in [6.45, 7) is 1.90. The molecule has 0 heterocycles. The van der Waals surface area contributed by atoms with Gasteiger partial charge in [0.15, 0.2) is 0 Å². The highest BCUT2D eigenvalue weighted by Gasteiger charge is 2.16. The van der Waals surface area contributed by atoms with E-state index in [4.69, 9.17) is 9.29 Å². The van der Waals surface area contributed by atoms with E-state index in [2.05, 4.69) is 0 Å². The largest absolute Gasteiger partial charge is 0.508 e. The molecule has 0 aliphatic rings. The van der Waals surface area contributed by atoms with Crippen molar-refractivity contribution in [3.8, 4) is 11.5 Å². The van der Waals surface area contributed by atoms with Crippen molar-refractivity contribution in [1.29, 1.82) is 0 Å². The summed E-state index contributed by atoms with van der Waals surface area (Å²) in [6, 6.07) is 11.9. The first-order chi connectivity index (χ1) is 8.47. The van der Waals surface area contributed by atoms with Gasteiger partial charge in [-0.3, -0.25) is 0 Å². The van der Waals surface area contributed by atoms with E-state index < -0.39 is 10.1 Å². The predicted molar refractivity (Wildman–Crippen MR) is 67.1 cm³/mol. The molecule has 0 saturated heterocycles. The Morgan fingerprint density at radius 3 is 2.06 bits per heavy atom. The number of hydrogen-bond donors (Lipinski definition) is 1. The van der Waals surface area contributed by atoms with Gasteiger partial charge in [-0.05, 0) is 43.3 Å². The summed E-state index contributed by atoms with van der Waals surface area (Å²) in [4.78, 5) is 0.000810. The molecule has 0 aliphatic heterocycles. The van der Waals surface area contributed by atoms with E-state index in [0.29, 0.717) is 0 Å². The Hall–Kier alpha value is -2.01. The van der Waals surface area contributed by atoms with Gasteiger partial charge in [-0.2, -0.15) is 8.42 Å². The van der Waals surface area contributed by atoms with Crippen LogP contribution in [0.4, 0.5) is 0 Å². The quantitative estimate of drug-likeness (QED) is 0.865. The summed E-state index contributed by atoms with van der Waals surface area (Å²) in [5.74, 6) is 0.262. The monoisotopic (exact) mass is 264 g/mol. The summed E-state index contributed by atoms with van der Waals surface area (Å²) >= 11 is 0. The first kappa shape index (κ1) is 12.4. The maximum atomic E-state index is 11.9. The second-order valence-corrected chi connectivity index (χ2v) is 5.39. The van der Waals surface area contributed by atoms with Crippen LogP contribution in [0.15, 0.2) is 53.4 Å². The van der Waals surface area contributed by atoms with Crippen molar-refractivity contribution < 1.29 is 17.7 Å². The van der Waals surface area contributed by atoms with Gasteiger partial charge in [0.2, 0.25) is 0 Å². The molecule has 94 valence electrons. The molecule has 5 heteroatoms. The Labute approximate surface area is 106 Å². The Kier molecular flexibility index (Phi) is 3.25. The molecule has 0 spiro atoms. The van der Waals surface area contributed by atoms with Crippen molar-refractivity contribution in [2.24, 2.45) is 0 Å². The molecule has 0 radical (unpaired) electrons. The van der Waals surface area contributed by atoms with Gasteiger partial charge in [-0.1, -0.05) is 17.7 Å². The molecule has 0 bridgehead atoms. The van der Waals surface area contributed by atoms with E-state index >= 15 is 0 Å². The molecular weight excluding hydrogens is 252 g/mol. The SMILES string of the molecule is Cc1ccc(OS(=O)(=O)c2ccc(O)cc2)cc1. The molecule has 0 aromatic heterocycles. The minimum Gasteiger partial charge on any atom is -0.508 e. The van der Waals surface area contributed by atoms with Crippen LogP contribution in [-0.4, -0.2) is 13.5 Å². The maximum Gasteiger partial charge on any atom is 0.339 e. The minimum absolute atomic E-state index is 0.000810. The van der Waals surface area contributed by atoms with Crippen LogP contribution in [0, 0.1) is 6.92 Å². The molecule has 0 amide bonds. The molecule has 0 atom stereocenters. The van der Waals surface area contributed by atoms with E-state index in [1.807, 2.05) is 6.92 Å². The Morgan fingerprint density at radius 2 is 1.50 bits per heavy atom. The molecule has 4 nitrogen and oxygen atoms in total. The van der Waals surface area contributed by atoms with Crippen molar-refractivity contribution in [1.82, 2.24) is 0 Å². The van der Waals surface area contributed by atoms with Crippen LogP contribution in [0.5, 0.6) is 11.5 Å². The Morgan fingerprint density at radius 1 is 0.944 bits per heavy atom. The van der Waals surface area contributed by atoms with Crippen molar-refractivity contribution in [2.75, 3.05) is 0 Å². The van der Waals surface area contributed by atoms with Crippen molar-refractivity contribution in [2.45, 2.75) is 11.8 Å². The molecule has 0 fully saturated rings. The summed E-state index contributed by atoms with van der Waals surface area (Å²) in [5.41, 5.74) is 1.02. The number of phenolic OH excluding ortho intramolecular Hbond substituents is 1. The van der Waals surface area contributed by atoms with Gasteiger partial charge in [0.1, 0.15) is 16.4 Å². The fourth-order valence-corrected chi connectivity index (χ4v) is 2.31. The number of benzene rings is 2. The second kappa shape index (κ2) is 4.70. The smallest absolute Gasteiger partial charge is 0.339 e. The van der Waals surface area contributed by atoms with E-state index in [0.717, 1.165) is 5.56 Å². The first-order valence-corrected chi connectivity index (χ1v) is 6.68. The fraction of sp³-hybridized carbons (Fsp3) is 0.0769. The lowest BCUT2D eigenvalue weighted by molar-refractivity contribution is 0.473. The normalized spacial score (nSPS) is 11.2. The topological polar surface area (TPSA) is 63.6 Å². The molecule has 0 saturated carbocycles. The third kappa shape index (κ3) is 2.81. The minimum atomic E-state index is -3.85. The second-order valence-electron chi connectivity index (χ2n) is 3.84. The van der Waals surface area contributed by atoms with Gasteiger partial charge >= 0.3 is 10.1 Å². The van der Waals surface area contributed by atoms with Crippen molar-refractivity contribution >= 4 is 10.1 Å². The average Bonchev–Trinajstić information content (AvgIpc) is 2.32. The molecule has 18 heavy (non-hydrogen) atoms. The molecule has 2 aromatic carbocycles. The standard InChI is InChI=1S/C13H12O4S/c1-10-2-6-12(7-3-10)17-18(15,16)13-8-4-11(14)5-9-13/h2-9,14H,1H3. The zero-order valence-corrected chi connectivity index (χ0v) is 10.5. The Bertz CT molecular complexity index is 628. The van der Waals surface area contributed by atoms with E-state index in [1.54, 1.807) is 24.3 Å². The highest BCUT2D eigenvalue weighted by Crippen LogP contribution is 2.20. The van der Waals surface area contributed by atoms with Gasteiger partial charge in [0.25, 0.3) is 0 Å². The van der Waals surface area contributed by atoms with Gasteiger partial charge in [0.05, 0.1) is 0 Å². The third-order valence-corrected chi connectivity index (χ3v) is 3.61. The van der Waals surface area contributed by atoms with Crippen LogP contribution in [0.3, 0.4) is 0 Å². The van der Waals surface area contributed by atoms with Crippen molar-refractivity contribution in [3.63, 3.8) is 0 Å². The van der Waals surface area contributed by atoms with Crippen LogP contribution in [0.25, 0.3) is 0 Å². The molecule has 0 aliphatic carbocycles. The maximum absolute atomic E-state index is 11.9. The number of aromatic hydroxyl groups is 1. The summed E-state index contributed by atoms with van der Waals surface area (Å²) in [6.07, 6.45) is 0. The van der Waals surface area contributed by atoms with Crippen LogP contribution in [0.1, 0.15) is 5.56 Å². The molecule has 2 aromatic rings. The van der Waals surface area contributed by atoms with Gasteiger partial charge in [0, 0.05) is 0 Å². The number of phenols is 1. The molecular formula is C13H12O4S. The molecule has 2 rings (SSSR count). The lowest BCUT2D eigenvalue weighted by atomic mass is 10.2. The predicted octanol–water partition coefficient (Wildman–Crippen LogP) is 2.47.